The molecule has 9 heteroatoms. The van der Waals surface area contributed by atoms with Crippen molar-refractivity contribution in [1.29, 1.82) is 0 Å². The number of carboxylic acids is 1. The maximum atomic E-state index is 12.7. The Bertz CT molecular complexity index is 1400. The van der Waals surface area contributed by atoms with E-state index in [4.69, 9.17) is 4.74 Å². The van der Waals surface area contributed by atoms with E-state index >= 15 is 0 Å². The van der Waals surface area contributed by atoms with Crippen LogP contribution in [0.25, 0.3) is 11.4 Å². The van der Waals surface area contributed by atoms with E-state index in [2.05, 4.69) is 20.6 Å². The molecule has 1 aromatic heterocycles. The summed E-state index contributed by atoms with van der Waals surface area (Å²) in [6, 6.07) is 25.3. The largest absolute Gasteiger partial charge is 0.480 e. The lowest BCUT2D eigenvalue weighted by atomic mass is 10.1. The first-order valence-electron chi connectivity index (χ1n) is 11.9. The maximum absolute atomic E-state index is 12.7. The van der Waals surface area contributed by atoms with Crippen molar-refractivity contribution in [2.75, 3.05) is 5.32 Å². The van der Waals surface area contributed by atoms with Gasteiger partial charge >= 0.3 is 12.1 Å². The number of hydrogen-bond donors (Lipinski definition) is 3. The van der Waals surface area contributed by atoms with Crippen molar-refractivity contribution in [1.82, 2.24) is 15.3 Å². The van der Waals surface area contributed by atoms with E-state index in [-0.39, 0.29) is 12.2 Å². The summed E-state index contributed by atoms with van der Waals surface area (Å²) in [5.41, 5.74) is 2.57. The molecular weight excluding hydrogens is 484 g/mol. The number of nitrogens with one attached hydrogen (secondary N) is 2. The second kappa shape index (κ2) is 12.3. The molecule has 0 bridgehead atoms. The predicted molar refractivity (Wildman–Crippen MR) is 141 cm³/mol. The summed E-state index contributed by atoms with van der Waals surface area (Å²) < 4.78 is 5.42. The van der Waals surface area contributed by atoms with Gasteiger partial charge in [0.1, 0.15) is 18.0 Å². The van der Waals surface area contributed by atoms with Crippen molar-refractivity contribution in [2.24, 2.45) is 0 Å². The van der Waals surface area contributed by atoms with Crippen LogP contribution in [0.15, 0.2) is 97.2 Å². The Morgan fingerprint density at radius 1 is 0.895 bits per heavy atom. The molecule has 3 N–H and O–H groups in total. The number of carbonyl (C=O) groups excluding carboxylic acids is 2. The third kappa shape index (κ3) is 7.01. The van der Waals surface area contributed by atoms with E-state index < -0.39 is 30.1 Å². The fourth-order valence-electron chi connectivity index (χ4n) is 3.72. The molecule has 0 spiro atoms. The van der Waals surface area contributed by atoms with Crippen LogP contribution < -0.4 is 10.6 Å². The Kier molecular flexibility index (Phi) is 8.40. The number of carboxylic acid groups (broad SMARTS) is 1. The van der Waals surface area contributed by atoms with Gasteiger partial charge in [0, 0.05) is 23.7 Å². The smallest absolute Gasteiger partial charge is 0.413 e. The first kappa shape index (κ1) is 26.0. The Hall–Kier alpha value is -5.05. The van der Waals surface area contributed by atoms with E-state index in [0.717, 1.165) is 11.1 Å². The summed E-state index contributed by atoms with van der Waals surface area (Å²) in [6.07, 6.45) is 0.576. The first-order valence-corrected chi connectivity index (χ1v) is 11.9. The van der Waals surface area contributed by atoms with Gasteiger partial charge in [-0.05, 0) is 36.2 Å². The van der Waals surface area contributed by atoms with Crippen LogP contribution in [-0.2, 0) is 16.0 Å². The number of hydrogen-bond acceptors (Lipinski definition) is 6. The van der Waals surface area contributed by atoms with Crippen molar-refractivity contribution in [2.45, 2.75) is 25.5 Å². The second-order valence-corrected chi connectivity index (χ2v) is 8.48. The molecule has 38 heavy (non-hydrogen) atoms. The second-order valence-electron chi connectivity index (χ2n) is 8.48. The number of aromatic nitrogens is 2. The molecule has 2 unspecified atom stereocenters. The van der Waals surface area contributed by atoms with Gasteiger partial charge in [-0.2, -0.15) is 0 Å². The van der Waals surface area contributed by atoms with Gasteiger partial charge < -0.3 is 15.2 Å². The molecular formula is C29H26N4O5. The molecule has 2 atom stereocenters. The van der Waals surface area contributed by atoms with Crippen LogP contribution in [0, 0.1) is 0 Å². The minimum absolute atomic E-state index is 0.167. The van der Waals surface area contributed by atoms with Crippen LogP contribution in [0.4, 0.5) is 10.6 Å². The Balaban J connectivity index is 1.38. The lowest BCUT2D eigenvalue weighted by molar-refractivity contribution is -0.139. The molecule has 9 nitrogen and oxygen atoms in total. The SMILES string of the molecule is CC(OC(=O)Nc1ccnc(-c2ccc(C(=O)NC(Cc3ccccc3)C(=O)O)cc2)n1)c1ccccc1. The van der Waals surface area contributed by atoms with Gasteiger partial charge in [0.25, 0.3) is 5.91 Å². The van der Waals surface area contributed by atoms with Crippen LogP contribution >= 0.6 is 0 Å². The number of amides is 2. The van der Waals surface area contributed by atoms with E-state index in [9.17, 15) is 19.5 Å². The monoisotopic (exact) mass is 510 g/mol. The molecule has 0 aliphatic heterocycles. The number of anilines is 1. The summed E-state index contributed by atoms with van der Waals surface area (Å²) >= 11 is 0. The first-order chi connectivity index (χ1) is 18.4. The zero-order valence-corrected chi connectivity index (χ0v) is 20.6. The van der Waals surface area contributed by atoms with Crippen LogP contribution in [0.3, 0.4) is 0 Å². The lowest BCUT2D eigenvalue weighted by Gasteiger charge is -2.15. The zero-order chi connectivity index (χ0) is 26.9. The van der Waals surface area contributed by atoms with Crippen molar-refractivity contribution in [3.05, 3.63) is 114 Å². The normalized spacial score (nSPS) is 12.1. The lowest BCUT2D eigenvalue weighted by Crippen LogP contribution is -2.42. The van der Waals surface area contributed by atoms with E-state index in [1.165, 1.54) is 6.20 Å². The standard InChI is InChI=1S/C29H26N4O5/c1-19(21-10-6-3-7-11-21)38-29(37)33-25-16-17-30-26(32-25)22-12-14-23(15-13-22)27(34)31-24(28(35)36)18-20-8-4-2-5-9-20/h2-17,19,24H,18H2,1H3,(H,31,34)(H,35,36)(H,30,32,33,37). The highest BCUT2D eigenvalue weighted by atomic mass is 16.6. The number of ether oxygens (including phenoxy) is 1. The van der Waals surface area contributed by atoms with Crippen LogP contribution in [0.1, 0.15) is 34.5 Å². The molecule has 4 rings (SSSR count). The number of carbonyl (C=O) groups is 3. The van der Waals surface area contributed by atoms with Gasteiger partial charge in [-0.3, -0.25) is 10.1 Å². The Labute approximate surface area is 219 Å². The van der Waals surface area contributed by atoms with E-state index in [1.807, 2.05) is 60.7 Å². The molecule has 0 aliphatic carbocycles. The summed E-state index contributed by atoms with van der Waals surface area (Å²) in [5.74, 6) is -1.04. The summed E-state index contributed by atoms with van der Waals surface area (Å²) in [4.78, 5) is 45.3. The highest BCUT2D eigenvalue weighted by Crippen LogP contribution is 2.19. The van der Waals surface area contributed by atoms with Crippen molar-refractivity contribution in [3.63, 3.8) is 0 Å². The van der Waals surface area contributed by atoms with Crippen molar-refractivity contribution >= 4 is 23.8 Å². The van der Waals surface area contributed by atoms with Gasteiger partial charge in [-0.1, -0.05) is 72.8 Å². The molecule has 1 heterocycles. The van der Waals surface area contributed by atoms with E-state index in [1.54, 1.807) is 37.3 Å². The van der Waals surface area contributed by atoms with Gasteiger partial charge in [0.2, 0.25) is 0 Å². The topological polar surface area (TPSA) is 131 Å². The highest BCUT2D eigenvalue weighted by Gasteiger charge is 2.21. The highest BCUT2D eigenvalue weighted by molar-refractivity contribution is 5.97. The van der Waals surface area contributed by atoms with Gasteiger partial charge in [0.05, 0.1) is 0 Å². The van der Waals surface area contributed by atoms with Gasteiger partial charge in [0.15, 0.2) is 5.82 Å². The minimum Gasteiger partial charge on any atom is -0.480 e. The third-order valence-electron chi connectivity index (χ3n) is 5.73. The predicted octanol–water partition coefficient (Wildman–Crippen LogP) is 4.88. The van der Waals surface area contributed by atoms with Crippen LogP contribution in [0.2, 0.25) is 0 Å². The van der Waals surface area contributed by atoms with Gasteiger partial charge in [-0.25, -0.2) is 19.6 Å². The van der Waals surface area contributed by atoms with Crippen molar-refractivity contribution in [3.8, 4) is 11.4 Å². The average molecular weight is 511 g/mol. The minimum atomic E-state index is -1.12. The summed E-state index contributed by atoms with van der Waals surface area (Å²) in [7, 11) is 0. The molecule has 3 aromatic carbocycles. The fraction of sp³-hybridized carbons (Fsp3) is 0.138. The number of nitrogens with zero attached hydrogens (tertiary/aromatic N) is 2. The molecule has 0 saturated carbocycles. The van der Waals surface area contributed by atoms with Gasteiger partial charge in [-0.15, -0.1) is 0 Å². The maximum Gasteiger partial charge on any atom is 0.413 e. The molecule has 4 aromatic rings. The Morgan fingerprint density at radius 3 is 2.21 bits per heavy atom. The van der Waals surface area contributed by atoms with Crippen LogP contribution in [-0.4, -0.2) is 39.1 Å². The summed E-state index contributed by atoms with van der Waals surface area (Å²) in [5, 5.41) is 14.7. The number of benzene rings is 3. The summed E-state index contributed by atoms with van der Waals surface area (Å²) in [6.45, 7) is 1.78. The number of rotatable bonds is 9. The van der Waals surface area contributed by atoms with Crippen LogP contribution in [0.5, 0.6) is 0 Å². The average Bonchev–Trinajstić information content (AvgIpc) is 2.93. The molecule has 0 saturated heterocycles. The Morgan fingerprint density at radius 2 is 1.55 bits per heavy atom. The molecule has 0 radical (unpaired) electrons. The fourth-order valence-corrected chi connectivity index (χ4v) is 3.72. The molecule has 2 amide bonds. The zero-order valence-electron chi connectivity index (χ0n) is 20.6. The van der Waals surface area contributed by atoms with Crippen molar-refractivity contribution < 1.29 is 24.2 Å². The van der Waals surface area contributed by atoms with E-state index in [0.29, 0.717) is 17.0 Å². The quantitative estimate of drug-likeness (QED) is 0.293. The molecule has 192 valence electrons. The third-order valence-corrected chi connectivity index (χ3v) is 5.73. The molecule has 0 fully saturated rings. The molecule has 0 aliphatic rings. The number of aliphatic carboxylic acids is 1.